The SMILES string of the molecule is CCNC(CSc1ccncc1)c1cc(C)ccc1OC. The van der Waals surface area contributed by atoms with Crippen LogP contribution in [0.15, 0.2) is 47.6 Å². The van der Waals surface area contributed by atoms with Gasteiger partial charge in [0.05, 0.1) is 7.11 Å². The molecule has 1 aromatic heterocycles. The molecule has 1 unspecified atom stereocenters. The van der Waals surface area contributed by atoms with Crippen LogP contribution < -0.4 is 10.1 Å². The van der Waals surface area contributed by atoms with Crippen LogP contribution in [0.5, 0.6) is 5.75 Å². The van der Waals surface area contributed by atoms with Crippen LogP contribution in [0, 0.1) is 6.92 Å². The number of nitrogens with one attached hydrogen (secondary N) is 1. The fourth-order valence-corrected chi connectivity index (χ4v) is 3.22. The van der Waals surface area contributed by atoms with Gasteiger partial charge in [0.2, 0.25) is 0 Å². The average molecular weight is 302 g/mol. The van der Waals surface area contributed by atoms with Crippen molar-refractivity contribution >= 4 is 11.8 Å². The first-order valence-electron chi connectivity index (χ1n) is 7.15. The van der Waals surface area contributed by atoms with Crippen molar-refractivity contribution in [1.82, 2.24) is 10.3 Å². The van der Waals surface area contributed by atoms with E-state index in [2.05, 4.69) is 36.3 Å². The van der Waals surface area contributed by atoms with Crippen LogP contribution >= 0.6 is 11.8 Å². The highest BCUT2D eigenvalue weighted by atomic mass is 32.2. The smallest absolute Gasteiger partial charge is 0.123 e. The summed E-state index contributed by atoms with van der Waals surface area (Å²) in [6.07, 6.45) is 3.66. The number of aromatic nitrogens is 1. The molecule has 0 spiro atoms. The third-order valence-corrected chi connectivity index (χ3v) is 4.38. The maximum absolute atomic E-state index is 5.52. The maximum Gasteiger partial charge on any atom is 0.123 e. The summed E-state index contributed by atoms with van der Waals surface area (Å²) in [5, 5.41) is 3.55. The lowest BCUT2D eigenvalue weighted by Gasteiger charge is -2.21. The third-order valence-electron chi connectivity index (χ3n) is 3.28. The second-order valence-electron chi connectivity index (χ2n) is 4.85. The zero-order valence-electron chi connectivity index (χ0n) is 12.8. The zero-order valence-corrected chi connectivity index (χ0v) is 13.6. The van der Waals surface area contributed by atoms with Crippen molar-refractivity contribution in [3.8, 4) is 5.75 Å². The summed E-state index contributed by atoms with van der Waals surface area (Å²) in [4.78, 5) is 5.29. The molecule has 0 saturated carbocycles. The summed E-state index contributed by atoms with van der Waals surface area (Å²) in [5.41, 5.74) is 2.48. The van der Waals surface area contributed by atoms with E-state index in [4.69, 9.17) is 4.74 Å². The lowest BCUT2D eigenvalue weighted by atomic mass is 10.0. The molecule has 2 aromatic rings. The van der Waals surface area contributed by atoms with Gasteiger partial charge in [0.25, 0.3) is 0 Å². The van der Waals surface area contributed by atoms with Gasteiger partial charge in [-0.1, -0.05) is 24.6 Å². The van der Waals surface area contributed by atoms with E-state index < -0.39 is 0 Å². The number of thioether (sulfide) groups is 1. The average Bonchev–Trinajstić information content (AvgIpc) is 2.52. The first kappa shape index (κ1) is 15.9. The third kappa shape index (κ3) is 4.48. The monoisotopic (exact) mass is 302 g/mol. The van der Waals surface area contributed by atoms with Gasteiger partial charge in [-0.05, 0) is 31.7 Å². The minimum Gasteiger partial charge on any atom is -0.496 e. The Hall–Kier alpha value is -1.52. The number of benzene rings is 1. The van der Waals surface area contributed by atoms with E-state index in [1.807, 2.05) is 42.4 Å². The molecule has 0 fully saturated rings. The molecule has 3 nitrogen and oxygen atoms in total. The van der Waals surface area contributed by atoms with Gasteiger partial charge in [-0.3, -0.25) is 4.98 Å². The maximum atomic E-state index is 5.52. The molecule has 0 saturated heterocycles. The van der Waals surface area contributed by atoms with Gasteiger partial charge in [-0.2, -0.15) is 0 Å². The first-order chi connectivity index (χ1) is 10.2. The summed E-state index contributed by atoms with van der Waals surface area (Å²) in [6, 6.07) is 10.7. The number of aryl methyl sites for hydroxylation is 1. The van der Waals surface area contributed by atoms with Gasteiger partial charge in [-0.15, -0.1) is 11.8 Å². The number of pyridine rings is 1. The topological polar surface area (TPSA) is 34.2 Å². The Bertz CT molecular complexity index is 560. The molecule has 1 atom stereocenters. The van der Waals surface area contributed by atoms with Crippen LogP contribution in [0.3, 0.4) is 0 Å². The summed E-state index contributed by atoms with van der Waals surface area (Å²) in [6.45, 7) is 5.17. The molecular weight excluding hydrogens is 280 g/mol. The van der Waals surface area contributed by atoms with E-state index in [1.165, 1.54) is 16.0 Å². The minimum absolute atomic E-state index is 0.267. The summed E-state index contributed by atoms with van der Waals surface area (Å²) >= 11 is 1.83. The Morgan fingerprint density at radius 1 is 1.24 bits per heavy atom. The zero-order chi connectivity index (χ0) is 15.1. The summed E-state index contributed by atoms with van der Waals surface area (Å²) in [5.74, 6) is 1.90. The molecule has 112 valence electrons. The molecule has 21 heavy (non-hydrogen) atoms. The lowest BCUT2D eigenvalue weighted by Crippen LogP contribution is -2.23. The Kier molecular flexibility index (Phi) is 6.08. The van der Waals surface area contributed by atoms with Crippen LogP contribution in [-0.4, -0.2) is 24.4 Å². The fraction of sp³-hybridized carbons (Fsp3) is 0.353. The van der Waals surface area contributed by atoms with Gasteiger partial charge in [0.1, 0.15) is 5.75 Å². The summed E-state index contributed by atoms with van der Waals surface area (Å²) in [7, 11) is 1.73. The Labute approximate surface area is 131 Å². The molecule has 1 aromatic carbocycles. The number of nitrogens with zero attached hydrogens (tertiary/aromatic N) is 1. The number of methoxy groups -OCH3 is 1. The molecule has 4 heteroatoms. The second kappa shape index (κ2) is 8.05. The lowest BCUT2D eigenvalue weighted by molar-refractivity contribution is 0.403. The minimum atomic E-state index is 0.267. The Morgan fingerprint density at radius 2 is 2.00 bits per heavy atom. The molecule has 0 radical (unpaired) electrons. The van der Waals surface area contributed by atoms with Crippen LogP contribution in [-0.2, 0) is 0 Å². The number of ether oxygens (including phenoxy) is 1. The van der Waals surface area contributed by atoms with Crippen molar-refractivity contribution in [2.45, 2.75) is 24.8 Å². The second-order valence-corrected chi connectivity index (χ2v) is 5.94. The van der Waals surface area contributed by atoms with Crippen molar-refractivity contribution in [1.29, 1.82) is 0 Å². The predicted octanol–water partition coefficient (Wildman–Crippen LogP) is 3.84. The van der Waals surface area contributed by atoms with Crippen LogP contribution in [0.2, 0.25) is 0 Å². The number of hydrogen-bond donors (Lipinski definition) is 1. The molecule has 2 rings (SSSR count). The van der Waals surface area contributed by atoms with Gasteiger partial charge in [0.15, 0.2) is 0 Å². The van der Waals surface area contributed by atoms with E-state index in [-0.39, 0.29) is 6.04 Å². The largest absolute Gasteiger partial charge is 0.496 e. The van der Waals surface area contributed by atoms with E-state index >= 15 is 0 Å². The molecule has 0 aliphatic carbocycles. The Morgan fingerprint density at radius 3 is 2.67 bits per heavy atom. The number of rotatable bonds is 7. The van der Waals surface area contributed by atoms with Gasteiger partial charge in [0, 0.05) is 34.6 Å². The van der Waals surface area contributed by atoms with Crippen LogP contribution in [0.1, 0.15) is 24.1 Å². The predicted molar refractivity (Wildman–Crippen MR) is 89.1 cm³/mol. The number of hydrogen-bond acceptors (Lipinski definition) is 4. The molecule has 0 amide bonds. The molecule has 0 aliphatic heterocycles. The van der Waals surface area contributed by atoms with Crippen LogP contribution in [0.25, 0.3) is 0 Å². The molecule has 0 aliphatic rings. The normalized spacial score (nSPS) is 12.1. The first-order valence-corrected chi connectivity index (χ1v) is 8.14. The molecular formula is C17H22N2OS. The highest BCUT2D eigenvalue weighted by molar-refractivity contribution is 7.99. The highest BCUT2D eigenvalue weighted by Gasteiger charge is 2.16. The van der Waals surface area contributed by atoms with Crippen molar-refractivity contribution in [2.75, 3.05) is 19.4 Å². The van der Waals surface area contributed by atoms with E-state index in [0.29, 0.717) is 0 Å². The van der Waals surface area contributed by atoms with Gasteiger partial charge >= 0.3 is 0 Å². The van der Waals surface area contributed by atoms with E-state index in [0.717, 1.165) is 18.0 Å². The van der Waals surface area contributed by atoms with Crippen molar-refractivity contribution in [3.63, 3.8) is 0 Å². The quantitative estimate of drug-likeness (QED) is 0.788. The van der Waals surface area contributed by atoms with Gasteiger partial charge < -0.3 is 10.1 Å². The molecule has 1 heterocycles. The fourth-order valence-electron chi connectivity index (χ4n) is 2.25. The van der Waals surface area contributed by atoms with Crippen LogP contribution in [0.4, 0.5) is 0 Å². The Balaban J connectivity index is 2.16. The van der Waals surface area contributed by atoms with Crippen molar-refractivity contribution in [3.05, 3.63) is 53.9 Å². The highest BCUT2D eigenvalue weighted by Crippen LogP contribution is 2.30. The molecule has 0 bridgehead atoms. The van der Waals surface area contributed by atoms with Gasteiger partial charge in [-0.25, -0.2) is 0 Å². The molecule has 1 N–H and O–H groups in total. The van der Waals surface area contributed by atoms with E-state index in [1.54, 1.807) is 7.11 Å². The van der Waals surface area contributed by atoms with Crippen molar-refractivity contribution < 1.29 is 4.74 Å². The standard InChI is InChI=1S/C17H22N2OS/c1-4-19-16(12-21-14-7-9-18-10-8-14)15-11-13(2)5-6-17(15)20-3/h5-11,16,19H,4,12H2,1-3H3. The summed E-state index contributed by atoms with van der Waals surface area (Å²) < 4.78 is 5.52. The van der Waals surface area contributed by atoms with Crippen molar-refractivity contribution in [2.24, 2.45) is 0 Å². The van der Waals surface area contributed by atoms with E-state index in [9.17, 15) is 0 Å².